The third kappa shape index (κ3) is 3.41. The smallest absolute Gasteiger partial charge is 0.408 e. The van der Waals surface area contributed by atoms with Crippen LogP contribution in [0.3, 0.4) is 0 Å². The lowest BCUT2D eigenvalue weighted by molar-refractivity contribution is 0.0500. The van der Waals surface area contributed by atoms with Crippen molar-refractivity contribution in [1.82, 2.24) is 10.2 Å². The fourth-order valence-electron chi connectivity index (χ4n) is 3.65. The van der Waals surface area contributed by atoms with Crippen LogP contribution in [-0.4, -0.2) is 28.1 Å². The van der Waals surface area contributed by atoms with Crippen LogP contribution in [0.4, 0.5) is 4.79 Å². The second kappa shape index (κ2) is 6.36. The molecule has 3 rings (SSSR count). The van der Waals surface area contributed by atoms with Crippen molar-refractivity contribution in [3.63, 3.8) is 0 Å². The summed E-state index contributed by atoms with van der Waals surface area (Å²) in [5.41, 5.74) is 1.96. The minimum atomic E-state index is -0.493. The van der Waals surface area contributed by atoms with Crippen LogP contribution < -0.4 is 5.32 Å². The molecule has 1 aromatic rings. The summed E-state index contributed by atoms with van der Waals surface area (Å²) in [6.07, 6.45) is 1.59. The fourth-order valence-corrected chi connectivity index (χ4v) is 3.99. The Kier molecular flexibility index (Phi) is 4.56. The monoisotopic (exact) mass is 346 g/mol. The molecule has 1 aliphatic carbocycles. The summed E-state index contributed by atoms with van der Waals surface area (Å²) >= 11 is 5.64. The number of fused-ring (bicyclic) bond motifs is 1. The number of likely N-dealkylation sites (tertiary alicyclic amines) is 1. The maximum Gasteiger partial charge on any atom is 0.408 e. The number of hydrogen-bond acceptors (Lipinski definition) is 3. The molecule has 24 heavy (non-hydrogen) atoms. The van der Waals surface area contributed by atoms with Crippen LogP contribution in [0.25, 0.3) is 0 Å². The molecule has 0 bridgehead atoms. The Morgan fingerprint density at radius 2 is 1.96 bits per heavy atom. The maximum atomic E-state index is 12.2. The molecular formula is C19H26N2O2S. The first-order chi connectivity index (χ1) is 11.3. The molecule has 1 unspecified atom stereocenters. The molecule has 4 nitrogen and oxygen atoms in total. The van der Waals surface area contributed by atoms with Gasteiger partial charge in [0, 0.05) is 12.5 Å². The van der Waals surface area contributed by atoms with Crippen molar-refractivity contribution in [1.29, 1.82) is 0 Å². The summed E-state index contributed by atoms with van der Waals surface area (Å²) in [6, 6.07) is 8.56. The maximum absolute atomic E-state index is 12.2. The van der Waals surface area contributed by atoms with Gasteiger partial charge in [0.15, 0.2) is 0 Å². The fraction of sp³-hybridized carbons (Fsp3) is 0.579. The molecule has 3 atom stereocenters. The Morgan fingerprint density at radius 3 is 2.54 bits per heavy atom. The van der Waals surface area contributed by atoms with E-state index >= 15 is 0 Å². The van der Waals surface area contributed by atoms with Crippen molar-refractivity contribution in [3.8, 4) is 0 Å². The lowest BCUT2D eigenvalue weighted by atomic mass is 10.1. The highest BCUT2D eigenvalue weighted by atomic mass is 32.1. The Hall–Kier alpha value is -1.62. The number of benzene rings is 1. The largest absolute Gasteiger partial charge is 0.444 e. The van der Waals surface area contributed by atoms with E-state index in [1.165, 1.54) is 11.1 Å². The molecule has 130 valence electrons. The molecule has 1 amide bonds. The number of carbonyl (C=O) groups is 1. The van der Waals surface area contributed by atoms with Gasteiger partial charge in [-0.15, -0.1) is 0 Å². The van der Waals surface area contributed by atoms with Crippen molar-refractivity contribution in [3.05, 3.63) is 35.4 Å². The van der Waals surface area contributed by atoms with Gasteiger partial charge in [0.2, 0.25) is 0 Å². The molecule has 1 aromatic carbocycles. The third-order valence-electron chi connectivity index (χ3n) is 4.76. The van der Waals surface area contributed by atoms with Crippen molar-refractivity contribution in [2.24, 2.45) is 5.92 Å². The average Bonchev–Trinajstić information content (AvgIpc) is 2.99. The molecule has 1 N–H and O–H groups in total. The second-order valence-electron chi connectivity index (χ2n) is 7.80. The normalized spacial score (nSPS) is 26.4. The zero-order chi connectivity index (χ0) is 17.5. The lowest BCUT2D eigenvalue weighted by Gasteiger charge is -2.28. The summed E-state index contributed by atoms with van der Waals surface area (Å²) in [5, 5.41) is 3.04. The average molecular weight is 346 g/mol. The zero-order valence-corrected chi connectivity index (χ0v) is 15.7. The number of nitrogens with zero attached hydrogens (tertiary/aromatic N) is 1. The molecule has 1 saturated heterocycles. The van der Waals surface area contributed by atoms with Crippen molar-refractivity contribution in [2.75, 3.05) is 6.54 Å². The van der Waals surface area contributed by atoms with Crippen LogP contribution in [0.15, 0.2) is 24.3 Å². The summed E-state index contributed by atoms with van der Waals surface area (Å²) in [4.78, 5) is 15.6. The predicted octanol–water partition coefficient (Wildman–Crippen LogP) is 4.37. The van der Waals surface area contributed by atoms with Gasteiger partial charge in [-0.3, -0.25) is 0 Å². The molecule has 0 spiro atoms. The minimum absolute atomic E-state index is 0.0280. The van der Waals surface area contributed by atoms with Gasteiger partial charge in [-0.1, -0.05) is 43.4 Å². The predicted molar refractivity (Wildman–Crippen MR) is 99.0 cm³/mol. The van der Waals surface area contributed by atoms with Crippen molar-refractivity contribution in [2.45, 2.75) is 58.2 Å². The molecule has 0 saturated carbocycles. The van der Waals surface area contributed by atoms with E-state index in [1.807, 2.05) is 26.8 Å². The highest BCUT2D eigenvalue weighted by Crippen LogP contribution is 2.44. The minimum Gasteiger partial charge on any atom is -0.444 e. The summed E-state index contributed by atoms with van der Waals surface area (Å²) < 4.78 is 5.42. The van der Waals surface area contributed by atoms with Crippen molar-refractivity contribution >= 4 is 23.3 Å². The number of hydrogen-bond donors (Lipinski definition) is 1. The third-order valence-corrected chi connectivity index (χ3v) is 5.40. The van der Waals surface area contributed by atoms with Gasteiger partial charge in [0.05, 0.1) is 17.1 Å². The molecule has 1 heterocycles. The van der Waals surface area contributed by atoms with Crippen LogP contribution >= 0.6 is 12.2 Å². The molecule has 0 aromatic heterocycles. The Balaban J connectivity index is 1.79. The van der Waals surface area contributed by atoms with Gasteiger partial charge < -0.3 is 15.0 Å². The van der Waals surface area contributed by atoms with Gasteiger partial charge in [0.25, 0.3) is 0 Å². The van der Waals surface area contributed by atoms with Gasteiger partial charge in [-0.05, 0) is 44.7 Å². The lowest BCUT2D eigenvalue weighted by Crippen LogP contribution is -2.35. The van der Waals surface area contributed by atoms with E-state index in [1.54, 1.807) is 0 Å². The highest BCUT2D eigenvalue weighted by molar-refractivity contribution is 7.80. The van der Waals surface area contributed by atoms with E-state index in [0.29, 0.717) is 5.92 Å². The number of carbonyl (C=O) groups excluding carboxylic acids is 1. The summed E-state index contributed by atoms with van der Waals surface area (Å²) in [7, 11) is 0. The van der Waals surface area contributed by atoms with Gasteiger partial charge in [-0.25, -0.2) is 4.79 Å². The molecule has 0 radical (unpaired) electrons. The molecule has 5 heteroatoms. The first kappa shape index (κ1) is 17.2. The van der Waals surface area contributed by atoms with E-state index < -0.39 is 5.60 Å². The highest BCUT2D eigenvalue weighted by Gasteiger charge is 2.39. The SMILES string of the molecule is CC1CCN([C@@H]2C[C@@H](NC(=O)OC(C)(C)C)c3ccccc32)C1=S. The Bertz CT molecular complexity index is 653. The number of rotatable bonds is 2. The van der Waals surface area contributed by atoms with Crippen LogP contribution in [0, 0.1) is 5.92 Å². The van der Waals surface area contributed by atoms with E-state index in [9.17, 15) is 4.79 Å². The Labute approximate surface area is 149 Å². The number of amides is 1. The molecule has 2 aliphatic rings. The first-order valence-corrected chi connectivity index (χ1v) is 9.06. The second-order valence-corrected chi connectivity index (χ2v) is 8.22. The zero-order valence-electron chi connectivity index (χ0n) is 14.8. The number of ether oxygens (including phenoxy) is 1. The quantitative estimate of drug-likeness (QED) is 0.808. The number of alkyl carbamates (subject to hydrolysis) is 1. The van der Waals surface area contributed by atoms with Gasteiger partial charge >= 0.3 is 6.09 Å². The van der Waals surface area contributed by atoms with Crippen LogP contribution in [0.5, 0.6) is 0 Å². The first-order valence-electron chi connectivity index (χ1n) is 8.65. The number of nitrogens with one attached hydrogen (secondary N) is 1. The Morgan fingerprint density at radius 1 is 1.29 bits per heavy atom. The molecule has 1 aliphatic heterocycles. The van der Waals surface area contributed by atoms with E-state index in [4.69, 9.17) is 17.0 Å². The van der Waals surface area contributed by atoms with Gasteiger partial charge in [0.1, 0.15) is 5.60 Å². The van der Waals surface area contributed by atoms with Crippen LogP contribution in [0.2, 0.25) is 0 Å². The topological polar surface area (TPSA) is 41.6 Å². The molecular weight excluding hydrogens is 320 g/mol. The van der Waals surface area contributed by atoms with E-state index in [2.05, 4.69) is 35.3 Å². The van der Waals surface area contributed by atoms with E-state index in [-0.39, 0.29) is 18.2 Å². The van der Waals surface area contributed by atoms with Crippen molar-refractivity contribution < 1.29 is 9.53 Å². The summed E-state index contributed by atoms with van der Waals surface area (Å²) in [5.74, 6) is 0.463. The number of thiocarbonyl (C=S) groups is 1. The molecule has 1 fully saturated rings. The van der Waals surface area contributed by atoms with E-state index in [0.717, 1.165) is 24.4 Å². The van der Waals surface area contributed by atoms with Crippen LogP contribution in [0.1, 0.15) is 63.7 Å². The summed E-state index contributed by atoms with van der Waals surface area (Å²) in [6.45, 7) is 8.82. The van der Waals surface area contributed by atoms with Crippen LogP contribution in [-0.2, 0) is 4.74 Å². The standard InChI is InChI=1S/C19H26N2O2S/c1-12-9-10-21(17(12)24)16-11-15(13-7-5-6-8-14(13)16)20-18(22)23-19(2,3)4/h5-8,12,15-16H,9-11H2,1-4H3,(H,20,22)/t12?,15-,16-/m1/s1. The van der Waals surface area contributed by atoms with Gasteiger partial charge in [-0.2, -0.15) is 0 Å².